The predicted octanol–water partition coefficient (Wildman–Crippen LogP) is 8.35. The van der Waals surface area contributed by atoms with E-state index in [0.29, 0.717) is 18.0 Å². The van der Waals surface area contributed by atoms with E-state index in [9.17, 15) is 8.42 Å². The molecule has 0 bridgehead atoms. The smallest absolute Gasteiger partial charge is 0.243 e. The van der Waals surface area contributed by atoms with Gasteiger partial charge in [0.1, 0.15) is 0 Å². The van der Waals surface area contributed by atoms with Crippen molar-refractivity contribution < 1.29 is 8.42 Å². The number of rotatable bonds is 4. The number of para-hydroxylation sites is 1. The van der Waals surface area contributed by atoms with Crippen molar-refractivity contribution in [2.45, 2.75) is 38.8 Å². The summed E-state index contributed by atoms with van der Waals surface area (Å²) in [4.78, 5) is 5.22. The van der Waals surface area contributed by atoms with Crippen molar-refractivity contribution in [1.29, 1.82) is 0 Å². The fourth-order valence-corrected chi connectivity index (χ4v) is 7.69. The Morgan fingerprint density at radius 2 is 1.20 bits per heavy atom. The van der Waals surface area contributed by atoms with Crippen LogP contribution >= 0.6 is 0 Å². The minimum absolute atomic E-state index is 0.302. The maximum Gasteiger partial charge on any atom is 0.243 e. The second kappa shape index (κ2) is 9.65. The zero-order valence-electron chi connectivity index (χ0n) is 23.3. The van der Waals surface area contributed by atoms with Crippen LogP contribution in [-0.2, 0) is 23.1 Å². The summed E-state index contributed by atoms with van der Waals surface area (Å²) in [5, 5.41) is 3.24. The molecule has 7 rings (SSSR count). The molecule has 1 aliphatic heterocycles. The first-order valence-electron chi connectivity index (χ1n) is 13.9. The number of aromatic nitrogens is 1. The standard InChI is InChI=1S/C36H30N2O2S/c1-23-16-18-26(19-17-23)41(39,40)38-21-31-32(22-38)35(28-13-7-5-11-25(28)3)36-29-14-8-9-15-33(29)37-20-30(36)34(31)27-12-6-4-10-24(27)2/h4-20H,21-22H2,1-3H3. The third kappa shape index (κ3) is 4.07. The van der Waals surface area contributed by atoms with E-state index in [2.05, 4.69) is 68.4 Å². The molecule has 0 spiro atoms. The van der Waals surface area contributed by atoms with Crippen molar-refractivity contribution in [2.24, 2.45) is 0 Å². The Morgan fingerprint density at radius 1 is 0.634 bits per heavy atom. The summed E-state index contributed by atoms with van der Waals surface area (Å²) in [6.07, 6.45) is 1.98. The van der Waals surface area contributed by atoms with E-state index >= 15 is 0 Å². The highest BCUT2D eigenvalue weighted by atomic mass is 32.2. The number of pyridine rings is 1. The minimum Gasteiger partial charge on any atom is -0.256 e. The first kappa shape index (κ1) is 25.6. The summed E-state index contributed by atoms with van der Waals surface area (Å²) in [6, 6.07) is 32.2. The molecule has 41 heavy (non-hydrogen) atoms. The predicted molar refractivity (Wildman–Crippen MR) is 167 cm³/mol. The third-order valence-corrected chi connectivity index (χ3v) is 10.2. The van der Waals surface area contributed by atoms with Crippen LogP contribution in [0, 0.1) is 20.8 Å². The van der Waals surface area contributed by atoms with Gasteiger partial charge in [0.2, 0.25) is 10.0 Å². The average Bonchev–Trinajstić information content (AvgIpc) is 3.43. The summed E-state index contributed by atoms with van der Waals surface area (Å²) in [6.45, 7) is 6.82. The van der Waals surface area contributed by atoms with E-state index in [1.54, 1.807) is 16.4 Å². The van der Waals surface area contributed by atoms with Crippen LogP contribution in [0.25, 0.3) is 43.9 Å². The van der Waals surface area contributed by atoms with E-state index in [4.69, 9.17) is 4.98 Å². The number of fused-ring (bicyclic) bond motifs is 4. The van der Waals surface area contributed by atoms with Crippen molar-refractivity contribution >= 4 is 31.7 Å². The average molecular weight is 555 g/mol. The fourth-order valence-electron chi connectivity index (χ4n) is 6.31. The number of hydrogen-bond acceptors (Lipinski definition) is 3. The van der Waals surface area contributed by atoms with Gasteiger partial charge in [-0.05, 0) is 83.5 Å². The van der Waals surface area contributed by atoms with E-state index in [1.165, 1.54) is 0 Å². The maximum absolute atomic E-state index is 14.1. The maximum atomic E-state index is 14.1. The van der Waals surface area contributed by atoms with Gasteiger partial charge in [-0.15, -0.1) is 0 Å². The molecular formula is C36H30N2O2S. The molecule has 0 N–H and O–H groups in total. The molecule has 0 atom stereocenters. The zero-order chi connectivity index (χ0) is 28.3. The van der Waals surface area contributed by atoms with Gasteiger partial charge in [-0.3, -0.25) is 4.98 Å². The number of hydrogen-bond donors (Lipinski definition) is 0. The summed E-state index contributed by atoms with van der Waals surface area (Å²) < 4.78 is 29.8. The molecule has 5 aromatic carbocycles. The van der Waals surface area contributed by atoms with Gasteiger partial charge in [0, 0.05) is 35.4 Å². The Labute approximate surface area is 241 Å². The molecule has 0 saturated carbocycles. The van der Waals surface area contributed by atoms with E-state index in [1.807, 2.05) is 43.5 Å². The van der Waals surface area contributed by atoms with Crippen molar-refractivity contribution in [3.8, 4) is 22.3 Å². The van der Waals surface area contributed by atoms with Crippen molar-refractivity contribution in [3.05, 3.63) is 131 Å². The van der Waals surface area contributed by atoms with Crippen LogP contribution < -0.4 is 0 Å². The first-order valence-corrected chi connectivity index (χ1v) is 15.3. The van der Waals surface area contributed by atoms with Gasteiger partial charge in [0.25, 0.3) is 0 Å². The van der Waals surface area contributed by atoms with Crippen LogP contribution in [0.4, 0.5) is 0 Å². The van der Waals surface area contributed by atoms with Gasteiger partial charge >= 0.3 is 0 Å². The van der Waals surface area contributed by atoms with E-state index in [-0.39, 0.29) is 0 Å². The molecule has 0 aliphatic carbocycles. The molecule has 2 heterocycles. The lowest BCUT2D eigenvalue weighted by molar-refractivity contribution is 0.432. The summed E-state index contributed by atoms with van der Waals surface area (Å²) in [5.74, 6) is 0. The second-order valence-corrected chi connectivity index (χ2v) is 12.9. The molecule has 0 unspecified atom stereocenters. The Balaban J connectivity index is 1.61. The molecule has 1 aromatic heterocycles. The lowest BCUT2D eigenvalue weighted by Crippen LogP contribution is -2.25. The van der Waals surface area contributed by atoms with Crippen molar-refractivity contribution in [1.82, 2.24) is 9.29 Å². The van der Waals surface area contributed by atoms with E-state index < -0.39 is 10.0 Å². The summed E-state index contributed by atoms with van der Waals surface area (Å²) in [5.41, 5.74) is 10.8. The molecule has 0 saturated heterocycles. The molecule has 4 nitrogen and oxygen atoms in total. The highest BCUT2D eigenvalue weighted by Crippen LogP contribution is 2.49. The molecular weight excluding hydrogens is 524 g/mol. The quantitative estimate of drug-likeness (QED) is 0.206. The largest absolute Gasteiger partial charge is 0.256 e. The SMILES string of the molecule is Cc1ccc(S(=O)(=O)N2Cc3c(c(-c4ccccc4C)c4c(cnc5ccccc54)c3-c3ccccc3C)C2)cc1. The molecule has 1 aliphatic rings. The number of benzene rings is 5. The Bertz CT molecular complexity index is 2100. The molecule has 0 amide bonds. The molecule has 5 heteroatoms. The van der Waals surface area contributed by atoms with Gasteiger partial charge in [-0.1, -0.05) is 84.4 Å². The lowest BCUT2D eigenvalue weighted by Gasteiger charge is -2.21. The number of nitrogens with zero attached hydrogens (tertiary/aromatic N) is 2. The van der Waals surface area contributed by atoms with Crippen molar-refractivity contribution in [2.75, 3.05) is 0 Å². The van der Waals surface area contributed by atoms with Crippen LogP contribution in [0.1, 0.15) is 27.8 Å². The van der Waals surface area contributed by atoms with Gasteiger partial charge in [0.15, 0.2) is 0 Å². The highest BCUT2D eigenvalue weighted by Gasteiger charge is 2.36. The fraction of sp³-hybridized carbons (Fsp3) is 0.139. The Kier molecular flexibility index (Phi) is 6.03. The van der Waals surface area contributed by atoms with Crippen molar-refractivity contribution in [3.63, 3.8) is 0 Å². The molecule has 202 valence electrons. The minimum atomic E-state index is -3.73. The monoisotopic (exact) mass is 554 g/mol. The van der Waals surface area contributed by atoms with Gasteiger partial charge < -0.3 is 0 Å². The first-order chi connectivity index (χ1) is 19.8. The van der Waals surface area contributed by atoms with Gasteiger partial charge in [0.05, 0.1) is 10.4 Å². The summed E-state index contributed by atoms with van der Waals surface area (Å²) >= 11 is 0. The van der Waals surface area contributed by atoms with E-state index in [0.717, 1.165) is 71.7 Å². The normalized spacial score (nSPS) is 13.6. The Morgan fingerprint density at radius 3 is 1.85 bits per heavy atom. The van der Waals surface area contributed by atoms with Crippen LogP contribution in [0.5, 0.6) is 0 Å². The summed E-state index contributed by atoms with van der Waals surface area (Å²) in [7, 11) is -3.73. The Hall–Kier alpha value is -4.32. The second-order valence-electron chi connectivity index (χ2n) is 11.0. The van der Waals surface area contributed by atoms with Crippen LogP contribution in [0.3, 0.4) is 0 Å². The van der Waals surface area contributed by atoms with Gasteiger partial charge in [-0.25, -0.2) is 8.42 Å². The highest BCUT2D eigenvalue weighted by molar-refractivity contribution is 7.89. The lowest BCUT2D eigenvalue weighted by atomic mass is 9.82. The molecule has 6 aromatic rings. The van der Waals surface area contributed by atoms with Gasteiger partial charge in [-0.2, -0.15) is 4.31 Å². The zero-order valence-corrected chi connectivity index (χ0v) is 24.2. The third-order valence-electron chi connectivity index (χ3n) is 8.42. The number of sulfonamides is 1. The number of aryl methyl sites for hydroxylation is 3. The molecule has 0 fully saturated rings. The van der Waals surface area contributed by atoms with Crippen LogP contribution in [0.2, 0.25) is 0 Å². The van der Waals surface area contributed by atoms with Crippen LogP contribution in [0.15, 0.2) is 108 Å². The molecule has 0 radical (unpaired) electrons. The topological polar surface area (TPSA) is 50.3 Å². The van der Waals surface area contributed by atoms with Crippen LogP contribution in [-0.4, -0.2) is 17.7 Å².